The van der Waals surface area contributed by atoms with Crippen LogP contribution in [0.5, 0.6) is 0 Å². The first-order valence-corrected chi connectivity index (χ1v) is 6.94. The van der Waals surface area contributed by atoms with Gasteiger partial charge in [-0.25, -0.2) is 4.39 Å². The Labute approximate surface area is 109 Å². The second kappa shape index (κ2) is 6.19. The van der Waals surface area contributed by atoms with Crippen molar-refractivity contribution in [3.63, 3.8) is 0 Å². The highest BCUT2D eigenvalue weighted by Crippen LogP contribution is 2.27. The summed E-state index contributed by atoms with van der Waals surface area (Å²) in [5.41, 5.74) is 1.02. The maximum atomic E-state index is 13.3. The van der Waals surface area contributed by atoms with Crippen LogP contribution < -0.4 is 10.2 Å². The summed E-state index contributed by atoms with van der Waals surface area (Å²) >= 11 is 0. The Balaban J connectivity index is 2.05. The molecule has 0 aliphatic heterocycles. The van der Waals surface area contributed by atoms with Crippen LogP contribution in [-0.4, -0.2) is 25.7 Å². The number of hydrogen-bond acceptors (Lipinski definition) is 2. The van der Waals surface area contributed by atoms with Gasteiger partial charge in [-0.1, -0.05) is 6.07 Å². The lowest BCUT2D eigenvalue weighted by atomic mass is 9.90. The smallest absolute Gasteiger partial charge is 0.125 e. The van der Waals surface area contributed by atoms with Crippen LogP contribution in [0.3, 0.4) is 0 Å². The van der Waals surface area contributed by atoms with E-state index in [1.165, 1.54) is 31.7 Å². The lowest BCUT2D eigenvalue weighted by Gasteiger charge is -2.37. The fourth-order valence-electron chi connectivity index (χ4n) is 2.98. The molecule has 1 aromatic rings. The Bertz CT molecular complexity index is 373. The molecule has 1 saturated carbocycles. The summed E-state index contributed by atoms with van der Waals surface area (Å²) in [7, 11) is 2.04. The van der Waals surface area contributed by atoms with Crippen molar-refractivity contribution >= 4 is 5.69 Å². The molecule has 0 spiro atoms. The molecule has 0 bridgehead atoms. The first-order valence-electron chi connectivity index (χ1n) is 6.94. The van der Waals surface area contributed by atoms with Gasteiger partial charge in [0.2, 0.25) is 0 Å². The van der Waals surface area contributed by atoms with Crippen LogP contribution in [0.4, 0.5) is 10.1 Å². The summed E-state index contributed by atoms with van der Waals surface area (Å²) in [5.74, 6) is -0.144. The zero-order chi connectivity index (χ0) is 13.0. The minimum atomic E-state index is -0.144. The molecule has 1 fully saturated rings. The normalized spacial score (nSPS) is 23.9. The van der Waals surface area contributed by atoms with E-state index in [1.807, 2.05) is 13.1 Å². The summed E-state index contributed by atoms with van der Waals surface area (Å²) in [5, 5.41) is 3.35. The highest BCUT2D eigenvalue weighted by molar-refractivity contribution is 5.47. The van der Waals surface area contributed by atoms with Crippen molar-refractivity contribution in [3.05, 3.63) is 30.1 Å². The standard InChI is InChI=1S/C15H23FN2/c1-3-18(15-6-4-5-12(16)11-15)14-9-7-13(17-2)8-10-14/h4-6,11,13-14,17H,3,7-10H2,1-2H3. The molecule has 0 amide bonds. The molecule has 1 aliphatic rings. The Morgan fingerprint density at radius 3 is 2.56 bits per heavy atom. The summed E-state index contributed by atoms with van der Waals surface area (Å²) < 4.78 is 13.3. The molecule has 1 N–H and O–H groups in total. The average Bonchev–Trinajstić information content (AvgIpc) is 2.40. The van der Waals surface area contributed by atoms with Gasteiger partial charge < -0.3 is 10.2 Å². The Kier molecular flexibility index (Phi) is 4.59. The van der Waals surface area contributed by atoms with Gasteiger partial charge in [-0.05, 0) is 57.9 Å². The van der Waals surface area contributed by atoms with Crippen LogP contribution in [-0.2, 0) is 0 Å². The Morgan fingerprint density at radius 2 is 2.00 bits per heavy atom. The molecular formula is C15H23FN2. The fourth-order valence-corrected chi connectivity index (χ4v) is 2.98. The van der Waals surface area contributed by atoms with Crippen molar-refractivity contribution in [2.24, 2.45) is 0 Å². The first-order chi connectivity index (χ1) is 8.74. The summed E-state index contributed by atoms with van der Waals surface area (Å²) in [6.07, 6.45) is 4.81. The topological polar surface area (TPSA) is 15.3 Å². The van der Waals surface area contributed by atoms with Crippen LogP contribution in [0.1, 0.15) is 32.6 Å². The van der Waals surface area contributed by atoms with Gasteiger partial charge in [0.1, 0.15) is 5.82 Å². The molecule has 0 heterocycles. The molecule has 1 aliphatic carbocycles. The van der Waals surface area contributed by atoms with Gasteiger partial charge >= 0.3 is 0 Å². The zero-order valence-electron chi connectivity index (χ0n) is 11.3. The minimum absolute atomic E-state index is 0.144. The van der Waals surface area contributed by atoms with Crippen molar-refractivity contribution in [1.29, 1.82) is 0 Å². The van der Waals surface area contributed by atoms with Gasteiger partial charge in [0, 0.05) is 24.3 Å². The molecule has 0 atom stereocenters. The van der Waals surface area contributed by atoms with E-state index in [-0.39, 0.29) is 5.82 Å². The molecule has 18 heavy (non-hydrogen) atoms. The number of nitrogens with zero attached hydrogens (tertiary/aromatic N) is 1. The van der Waals surface area contributed by atoms with Gasteiger partial charge in [0.15, 0.2) is 0 Å². The van der Waals surface area contributed by atoms with Crippen molar-refractivity contribution in [2.45, 2.75) is 44.7 Å². The maximum absolute atomic E-state index is 13.3. The maximum Gasteiger partial charge on any atom is 0.125 e. The molecule has 1 aromatic carbocycles. The second-order valence-corrected chi connectivity index (χ2v) is 5.06. The van der Waals surface area contributed by atoms with Crippen molar-refractivity contribution in [1.82, 2.24) is 5.32 Å². The van der Waals surface area contributed by atoms with Crippen LogP contribution in [0, 0.1) is 5.82 Å². The lowest BCUT2D eigenvalue weighted by molar-refractivity contribution is 0.346. The minimum Gasteiger partial charge on any atom is -0.369 e. The third kappa shape index (κ3) is 3.02. The van der Waals surface area contributed by atoms with Crippen LogP contribution >= 0.6 is 0 Å². The van der Waals surface area contributed by atoms with Gasteiger partial charge in [-0.15, -0.1) is 0 Å². The van der Waals surface area contributed by atoms with E-state index in [0.29, 0.717) is 12.1 Å². The summed E-state index contributed by atoms with van der Waals surface area (Å²) in [4.78, 5) is 2.34. The van der Waals surface area contributed by atoms with Gasteiger partial charge in [0.05, 0.1) is 0 Å². The van der Waals surface area contributed by atoms with Gasteiger partial charge in [0.25, 0.3) is 0 Å². The van der Waals surface area contributed by atoms with Crippen molar-refractivity contribution in [2.75, 3.05) is 18.5 Å². The van der Waals surface area contributed by atoms with Crippen LogP contribution in [0.15, 0.2) is 24.3 Å². The van der Waals surface area contributed by atoms with Crippen LogP contribution in [0.2, 0.25) is 0 Å². The zero-order valence-corrected chi connectivity index (χ0v) is 11.3. The van der Waals surface area contributed by atoms with Crippen molar-refractivity contribution in [3.8, 4) is 0 Å². The van der Waals surface area contributed by atoms with Gasteiger partial charge in [-0.3, -0.25) is 0 Å². The highest BCUT2D eigenvalue weighted by atomic mass is 19.1. The molecule has 0 aromatic heterocycles. The molecule has 0 saturated heterocycles. The van der Waals surface area contributed by atoms with Crippen LogP contribution in [0.25, 0.3) is 0 Å². The third-order valence-corrected chi connectivity index (χ3v) is 4.03. The number of hydrogen-bond donors (Lipinski definition) is 1. The van der Waals surface area contributed by atoms with E-state index in [9.17, 15) is 4.39 Å². The molecule has 2 rings (SSSR count). The van der Waals surface area contributed by atoms with Crippen molar-refractivity contribution < 1.29 is 4.39 Å². The number of nitrogens with one attached hydrogen (secondary N) is 1. The van der Waals surface area contributed by atoms with E-state index in [1.54, 1.807) is 12.1 Å². The first kappa shape index (κ1) is 13.3. The largest absolute Gasteiger partial charge is 0.369 e. The van der Waals surface area contributed by atoms with E-state index in [0.717, 1.165) is 12.2 Å². The van der Waals surface area contributed by atoms with E-state index < -0.39 is 0 Å². The molecule has 2 nitrogen and oxygen atoms in total. The number of benzene rings is 1. The molecule has 3 heteroatoms. The van der Waals surface area contributed by atoms with Gasteiger partial charge in [-0.2, -0.15) is 0 Å². The quantitative estimate of drug-likeness (QED) is 0.883. The molecule has 0 unspecified atom stereocenters. The highest BCUT2D eigenvalue weighted by Gasteiger charge is 2.24. The van der Waals surface area contributed by atoms with E-state index >= 15 is 0 Å². The predicted molar refractivity (Wildman–Crippen MR) is 74.5 cm³/mol. The second-order valence-electron chi connectivity index (χ2n) is 5.06. The third-order valence-electron chi connectivity index (χ3n) is 4.03. The molecule has 100 valence electrons. The molecular weight excluding hydrogens is 227 g/mol. The monoisotopic (exact) mass is 250 g/mol. The Hall–Kier alpha value is -1.09. The summed E-state index contributed by atoms with van der Waals surface area (Å²) in [6.45, 7) is 3.09. The Morgan fingerprint density at radius 1 is 1.28 bits per heavy atom. The predicted octanol–water partition coefficient (Wildman–Crippen LogP) is 3.18. The van der Waals surface area contributed by atoms with E-state index in [4.69, 9.17) is 0 Å². The summed E-state index contributed by atoms with van der Waals surface area (Å²) in [6, 6.07) is 8.18. The average molecular weight is 250 g/mol. The number of halogens is 1. The lowest BCUT2D eigenvalue weighted by Crippen LogP contribution is -2.41. The SMILES string of the molecule is CCN(c1cccc(F)c1)C1CCC(NC)CC1. The van der Waals surface area contributed by atoms with E-state index in [2.05, 4.69) is 17.1 Å². The molecule has 0 radical (unpaired) electrons. The number of rotatable bonds is 4. The number of anilines is 1. The fraction of sp³-hybridized carbons (Fsp3) is 0.600.